The lowest BCUT2D eigenvalue weighted by atomic mass is 9.95. The Kier molecular flexibility index (Phi) is 3.74. The molecule has 0 aromatic heterocycles. The van der Waals surface area contributed by atoms with E-state index in [0.717, 1.165) is 0 Å². The Labute approximate surface area is 129 Å². The zero-order chi connectivity index (χ0) is 15.0. The summed E-state index contributed by atoms with van der Waals surface area (Å²) >= 11 is 3.26. The van der Waals surface area contributed by atoms with Crippen LogP contribution in [0.1, 0.15) is 17.2 Å². The Hall–Kier alpha value is -1.78. The number of aliphatic hydroxyl groups excluding tert-OH is 1. The van der Waals surface area contributed by atoms with E-state index in [2.05, 4.69) is 15.9 Å². The van der Waals surface area contributed by atoms with Gasteiger partial charge in [0.05, 0.1) is 0 Å². The molecule has 1 unspecified atom stereocenters. The number of halogens is 3. The Balaban J connectivity index is 2.20. The quantitative estimate of drug-likeness (QED) is 0.693. The molecule has 3 rings (SSSR count). The minimum absolute atomic E-state index is 0.154. The van der Waals surface area contributed by atoms with Crippen molar-refractivity contribution in [3.8, 4) is 0 Å². The van der Waals surface area contributed by atoms with Gasteiger partial charge < -0.3 is 5.11 Å². The molecule has 0 aliphatic carbocycles. The molecule has 0 amide bonds. The molecule has 0 fully saturated rings. The minimum atomic E-state index is -1.16. The van der Waals surface area contributed by atoms with Gasteiger partial charge in [0.1, 0.15) is 17.7 Å². The molecule has 3 aromatic rings. The summed E-state index contributed by atoms with van der Waals surface area (Å²) in [4.78, 5) is 0. The average molecular weight is 349 g/mol. The SMILES string of the molecule is OC(c1cc(Br)ccc1F)c1ccc(F)c2ccccc12. The lowest BCUT2D eigenvalue weighted by molar-refractivity contribution is 0.216. The molecule has 0 aliphatic rings. The van der Waals surface area contributed by atoms with E-state index in [1.807, 2.05) is 0 Å². The molecule has 106 valence electrons. The van der Waals surface area contributed by atoms with Crippen molar-refractivity contribution in [1.29, 1.82) is 0 Å². The molecule has 0 heterocycles. The van der Waals surface area contributed by atoms with Crippen LogP contribution in [-0.4, -0.2) is 5.11 Å². The third kappa shape index (κ3) is 2.57. The third-order valence-electron chi connectivity index (χ3n) is 3.45. The molecule has 21 heavy (non-hydrogen) atoms. The highest BCUT2D eigenvalue weighted by molar-refractivity contribution is 9.10. The van der Waals surface area contributed by atoms with E-state index in [1.54, 1.807) is 30.3 Å². The highest BCUT2D eigenvalue weighted by Gasteiger charge is 2.18. The van der Waals surface area contributed by atoms with Gasteiger partial charge in [-0.2, -0.15) is 0 Å². The standard InChI is InChI=1S/C17H11BrF2O/c18-10-5-7-16(20)14(9-10)17(21)13-6-8-15(19)12-4-2-1-3-11(12)13/h1-9,17,21H. The second kappa shape index (κ2) is 5.54. The average Bonchev–Trinajstić information content (AvgIpc) is 2.50. The lowest BCUT2D eigenvalue weighted by Crippen LogP contribution is -2.04. The maximum Gasteiger partial charge on any atom is 0.131 e. The lowest BCUT2D eigenvalue weighted by Gasteiger charge is -2.15. The molecule has 3 aromatic carbocycles. The van der Waals surface area contributed by atoms with Crippen LogP contribution in [0.2, 0.25) is 0 Å². The van der Waals surface area contributed by atoms with Crippen LogP contribution in [-0.2, 0) is 0 Å². The molecule has 0 saturated carbocycles. The van der Waals surface area contributed by atoms with Crippen LogP contribution >= 0.6 is 15.9 Å². The number of aliphatic hydroxyl groups is 1. The fourth-order valence-corrected chi connectivity index (χ4v) is 2.79. The van der Waals surface area contributed by atoms with Crippen LogP contribution in [0.25, 0.3) is 10.8 Å². The van der Waals surface area contributed by atoms with Gasteiger partial charge in [-0.15, -0.1) is 0 Å². The van der Waals surface area contributed by atoms with Gasteiger partial charge >= 0.3 is 0 Å². The summed E-state index contributed by atoms with van der Waals surface area (Å²) in [5.74, 6) is -0.865. The van der Waals surface area contributed by atoms with Crippen molar-refractivity contribution < 1.29 is 13.9 Å². The summed E-state index contributed by atoms with van der Waals surface area (Å²) in [7, 11) is 0. The molecule has 0 aliphatic heterocycles. The van der Waals surface area contributed by atoms with E-state index < -0.39 is 11.9 Å². The molecular weight excluding hydrogens is 338 g/mol. The first kappa shape index (κ1) is 14.2. The molecular formula is C17H11BrF2O. The van der Waals surface area contributed by atoms with Gasteiger partial charge in [-0.05, 0) is 35.2 Å². The van der Waals surface area contributed by atoms with Gasteiger partial charge in [0.15, 0.2) is 0 Å². The molecule has 0 radical (unpaired) electrons. The largest absolute Gasteiger partial charge is 0.384 e. The van der Waals surface area contributed by atoms with Gasteiger partial charge in [0.25, 0.3) is 0 Å². The van der Waals surface area contributed by atoms with Gasteiger partial charge in [0.2, 0.25) is 0 Å². The van der Waals surface area contributed by atoms with Crippen LogP contribution in [0.5, 0.6) is 0 Å². The highest BCUT2D eigenvalue weighted by Crippen LogP contribution is 2.32. The summed E-state index contributed by atoms with van der Waals surface area (Å²) in [6.07, 6.45) is -1.16. The highest BCUT2D eigenvalue weighted by atomic mass is 79.9. The molecule has 0 spiro atoms. The summed E-state index contributed by atoms with van der Waals surface area (Å²) in [6, 6.07) is 14.0. The number of hydrogen-bond acceptors (Lipinski definition) is 1. The summed E-state index contributed by atoms with van der Waals surface area (Å²) in [5.41, 5.74) is 0.630. The number of hydrogen-bond donors (Lipinski definition) is 1. The Bertz CT molecular complexity index is 817. The zero-order valence-corrected chi connectivity index (χ0v) is 12.4. The molecule has 4 heteroatoms. The molecule has 1 atom stereocenters. The monoisotopic (exact) mass is 348 g/mol. The van der Waals surface area contributed by atoms with E-state index in [-0.39, 0.29) is 11.4 Å². The van der Waals surface area contributed by atoms with Crippen LogP contribution < -0.4 is 0 Å². The van der Waals surface area contributed by atoms with Crippen LogP contribution in [0.15, 0.2) is 59.1 Å². The van der Waals surface area contributed by atoms with Gasteiger partial charge in [-0.25, -0.2) is 8.78 Å². The predicted molar refractivity (Wildman–Crippen MR) is 82.1 cm³/mol. The van der Waals surface area contributed by atoms with Crippen LogP contribution in [0.4, 0.5) is 8.78 Å². The fourth-order valence-electron chi connectivity index (χ4n) is 2.42. The minimum Gasteiger partial charge on any atom is -0.384 e. The molecule has 1 N–H and O–H groups in total. The van der Waals surface area contributed by atoms with Crippen molar-refractivity contribution >= 4 is 26.7 Å². The third-order valence-corrected chi connectivity index (χ3v) is 3.95. The number of benzene rings is 3. The van der Waals surface area contributed by atoms with Crippen LogP contribution in [0.3, 0.4) is 0 Å². The van der Waals surface area contributed by atoms with Gasteiger partial charge in [0, 0.05) is 15.4 Å². The normalized spacial score (nSPS) is 12.6. The van der Waals surface area contributed by atoms with E-state index in [1.165, 1.54) is 24.3 Å². The van der Waals surface area contributed by atoms with Crippen molar-refractivity contribution in [1.82, 2.24) is 0 Å². The smallest absolute Gasteiger partial charge is 0.131 e. The molecule has 0 bridgehead atoms. The molecule has 1 nitrogen and oxygen atoms in total. The fraction of sp³-hybridized carbons (Fsp3) is 0.0588. The summed E-state index contributed by atoms with van der Waals surface area (Å²) in [6.45, 7) is 0. The second-order valence-corrected chi connectivity index (χ2v) is 5.67. The van der Waals surface area contributed by atoms with Crippen LogP contribution in [0, 0.1) is 11.6 Å². The van der Waals surface area contributed by atoms with E-state index in [0.29, 0.717) is 20.8 Å². The summed E-state index contributed by atoms with van der Waals surface area (Å²) < 4.78 is 28.4. The van der Waals surface area contributed by atoms with Crippen molar-refractivity contribution in [2.24, 2.45) is 0 Å². The first-order chi connectivity index (χ1) is 10.1. The van der Waals surface area contributed by atoms with Crippen molar-refractivity contribution in [3.63, 3.8) is 0 Å². The predicted octanol–water partition coefficient (Wildman–Crippen LogP) is 4.96. The van der Waals surface area contributed by atoms with E-state index >= 15 is 0 Å². The summed E-state index contributed by atoms with van der Waals surface area (Å²) in [5, 5.41) is 11.5. The van der Waals surface area contributed by atoms with Crippen molar-refractivity contribution in [3.05, 3.63) is 81.8 Å². The Morgan fingerprint density at radius 1 is 0.810 bits per heavy atom. The van der Waals surface area contributed by atoms with E-state index in [4.69, 9.17) is 0 Å². The molecule has 0 saturated heterocycles. The van der Waals surface area contributed by atoms with E-state index in [9.17, 15) is 13.9 Å². The van der Waals surface area contributed by atoms with Crippen molar-refractivity contribution in [2.75, 3.05) is 0 Å². The second-order valence-electron chi connectivity index (χ2n) is 4.75. The van der Waals surface area contributed by atoms with Gasteiger partial charge in [-0.3, -0.25) is 0 Å². The van der Waals surface area contributed by atoms with Crippen molar-refractivity contribution in [2.45, 2.75) is 6.10 Å². The first-order valence-electron chi connectivity index (χ1n) is 6.38. The maximum atomic E-state index is 13.9. The number of fused-ring (bicyclic) bond motifs is 1. The maximum absolute atomic E-state index is 13.9. The topological polar surface area (TPSA) is 20.2 Å². The Morgan fingerprint density at radius 2 is 1.48 bits per heavy atom. The Morgan fingerprint density at radius 3 is 2.24 bits per heavy atom. The first-order valence-corrected chi connectivity index (χ1v) is 7.17. The zero-order valence-electron chi connectivity index (χ0n) is 10.9. The number of rotatable bonds is 2. The van der Waals surface area contributed by atoms with Gasteiger partial charge in [-0.1, -0.05) is 46.3 Å².